The van der Waals surface area contributed by atoms with Crippen molar-refractivity contribution in [3.05, 3.63) is 54.4 Å². The Morgan fingerprint density at radius 3 is 2.65 bits per heavy atom. The molecule has 4 rings (SSSR count). The van der Waals surface area contributed by atoms with E-state index in [2.05, 4.69) is 16.4 Å². The van der Waals surface area contributed by atoms with Crippen molar-refractivity contribution in [3.63, 3.8) is 0 Å². The molecule has 1 atom stereocenters. The van der Waals surface area contributed by atoms with Crippen molar-refractivity contribution < 1.29 is 14.3 Å². The van der Waals surface area contributed by atoms with E-state index in [9.17, 15) is 9.59 Å². The third kappa shape index (κ3) is 4.96. The van der Waals surface area contributed by atoms with Gasteiger partial charge in [0, 0.05) is 36.8 Å². The average Bonchev–Trinajstić information content (AvgIpc) is 3.57. The molecule has 6 nitrogen and oxygen atoms in total. The highest BCUT2D eigenvalue weighted by Gasteiger charge is 2.47. The molecule has 2 heterocycles. The fraction of sp³-hybridized carbons (Fsp3) is 0.480. The van der Waals surface area contributed by atoms with Crippen LogP contribution in [-0.2, 0) is 20.7 Å². The Labute approximate surface area is 184 Å². The van der Waals surface area contributed by atoms with Gasteiger partial charge in [-0.2, -0.15) is 0 Å². The number of hydrogen-bond donors (Lipinski definition) is 1. The summed E-state index contributed by atoms with van der Waals surface area (Å²) in [6.45, 7) is 6.85. The number of pyridine rings is 1. The number of ether oxygens (including phenoxy) is 1. The van der Waals surface area contributed by atoms with Crippen molar-refractivity contribution in [3.8, 4) is 11.1 Å². The Hall–Kier alpha value is -2.73. The molecule has 2 aliphatic rings. The van der Waals surface area contributed by atoms with E-state index in [-0.39, 0.29) is 24.4 Å². The maximum absolute atomic E-state index is 13.4. The Bertz CT molecular complexity index is 950. The van der Waals surface area contributed by atoms with Crippen LogP contribution in [0.4, 0.5) is 0 Å². The van der Waals surface area contributed by atoms with Gasteiger partial charge in [0.2, 0.25) is 5.91 Å². The SMILES string of the molecule is CC(C)(C)C(=O)N1CCO[C@@](Cc2cccc(-c3cccnc3)c2)(C(=O)NC2CC2)C1. The van der Waals surface area contributed by atoms with Crippen LogP contribution in [0.1, 0.15) is 39.2 Å². The van der Waals surface area contributed by atoms with Gasteiger partial charge in [0.1, 0.15) is 0 Å². The zero-order valence-electron chi connectivity index (χ0n) is 18.6. The highest BCUT2D eigenvalue weighted by atomic mass is 16.5. The van der Waals surface area contributed by atoms with E-state index in [1.54, 1.807) is 11.1 Å². The molecular weight excluding hydrogens is 390 g/mol. The van der Waals surface area contributed by atoms with Crippen molar-refractivity contribution in [1.29, 1.82) is 0 Å². The molecule has 164 valence electrons. The highest BCUT2D eigenvalue weighted by molar-refractivity contribution is 5.88. The van der Waals surface area contributed by atoms with Crippen LogP contribution >= 0.6 is 0 Å². The van der Waals surface area contributed by atoms with Crippen LogP contribution in [0.2, 0.25) is 0 Å². The Morgan fingerprint density at radius 1 is 1.19 bits per heavy atom. The van der Waals surface area contributed by atoms with E-state index in [0.29, 0.717) is 19.6 Å². The number of rotatable bonds is 5. The monoisotopic (exact) mass is 421 g/mol. The van der Waals surface area contributed by atoms with E-state index in [1.165, 1.54) is 0 Å². The van der Waals surface area contributed by atoms with E-state index in [4.69, 9.17) is 4.74 Å². The molecule has 0 bridgehead atoms. The lowest BCUT2D eigenvalue weighted by molar-refractivity contribution is -0.169. The quantitative estimate of drug-likeness (QED) is 0.805. The zero-order valence-corrected chi connectivity index (χ0v) is 18.6. The van der Waals surface area contributed by atoms with Gasteiger partial charge in [0.15, 0.2) is 5.60 Å². The average molecular weight is 422 g/mol. The van der Waals surface area contributed by atoms with Gasteiger partial charge < -0.3 is 15.0 Å². The molecule has 0 spiro atoms. The zero-order chi connectivity index (χ0) is 22.1. The summed E-state index contributed by atoms with van der Waals surface area (Å²) in [6, 6.07) is 12.3. The third-order valence-corrected chi connectivity index (χ3v) is 5.85. The second-order valence-electron chi connectivity index (χ2n) is 9.69. The minimum absolute atomic E-state index is 0.0449. The standard InChI is InChI=1S/C25H31N3O3/c1-24(2,3)23(30)28-12-13-31-25(17-28,22(29)27-21-9-10-21)15-18-6-4-7-19(14-18)20-8-5-11-26-16-20/h4-8,11,14,16,21H,9-10,12-13,15,17H2,1-3H3,(H,27,29)/t25-/m1/s1. The molecular formula is C25H31N3O3. The number of benzene rings is 1. The largest absolute Gasteiger partial charge is 0.361 e. The van der Waals surface area contributed by atoms with Gasteiger partial charge in [-0.3, -0.25) is 14.6 Å². The predicted octanol–water partition coefficient (Wildman–Crippen LogP) is 3.21. The molecule has 1 saturated heterocycles. The summed E-state index contributed by atoms with van der Waals surface area (Å²) in [5.41, 5.74) is 1.47. The molecule has 6 heteroatoms. The van der Waals surface area contributed by atoms with Crippen LogP contribution in [0, 0.1) is 5.41 Å². The van der Waals surface area contributed by atoms with Crippen molar-refractivity contribution in [2.45, 2.75) is 51.7 Å². The molecule has 2 fully saturated rings. The van der Waals surface area contributed by atoms with Crippen molar-refractivity contribution in [2.75, 3.05) is 19.7 Å². The van der Waals surface area contributed by atoms with E-state index < -0.39 is 11.0 Å². The first-order chi connectivity index (χ1) is 14.8. The molecule has 1 aliphatic heterocycles. The Morgan fingerprint density at radius 2 is 1.97 bits per heavy atom. The second-order valence-corrected chi connectivity index (χ2v) is 9.69. The number of carbonyl (C=O) groups excluding carboxylic acids is 2. The molecule has 1 aromatic heterocycles. The first kappa shape index (κ1) is 21.5. The smallest absolute Gasteiger partial charge is 0.254 e. The van der Waals surface area contributed by atoms with Crippen LogP contribution in [0.25, 0.3) is 11.1 Å². The van der Waals surface area contributed by atoms with Crippen molar-refractivity contribution in [2.24, 2.45) is 5.41 Å². The molecule has 0 radical (unpaired) electrons. The molecule has 1 saturated carbocycles. The Balaban J connectivity index is 1.63. The van der Waals surface area contributed by atoms with Gasteiger partial charge in [0.25, 0.3) is 5.91 Å². The van der Waals surface area contributed by atoms with Gasteiger partial charge in [-0.1, -0.05) is 51.1 Å². The van der Waals surface area contributed by atoms with Crippen molar-refractivity contribution in [1.82, 2.24) is 15.2 Å². The van der Waals surface area contributed by atoms with Gasteiger partial charge in [-0.25, -0.2) is 0 Å². The molecule has 1 aromatic carbocycles. The molecule has 2 aromatic rings. The van der Waals surface area contributed by atoms with Gasteiger partial charge in [0.05, 0.1) is 13.2 Å². The number of amides is 2. The fourth-order valence-electron chi connectivity index (χ4n) is 4.03. The lowest BCUT2D eigenvalue weighted by Crippen LogP contribution is -2.63. The molecule has 1 N–H and O–H groups in total. The Kier molecular flexibility index (Phi) is 5.84. The summed E-state index contributed by atoms with van der Waals surface area (Å²) < 4.78 is 6.18. The maximum atomic E-state index is 13.4. The normalized spacial score (nSPS) is 21.6. The van der Waals surface area contributed by atoms with Crippen LogP contribution in [-0.4, -0.2) is 53.0 Å². The van der Waals surface area contributed by atoms with E-state index in [1.807, 2.05) is 57.3 Å². The van der Waals surface area contributed by atoms with Gasteiger partial charge in [-0.15, -0.1) is 0 Å². The number of nitrogens with one attached hydrogen (secondary N) is 1. The summed E-state index contributed by atoms with van der Waals surface area (Å²) in [7, 11) is 0. The van der Waals surface area contributed by atoms with Gasteiger partial charge >= 0.3 is 0 Å². The van der Waals surface area contributed by atoms with E-state index >= 15 is 0 Å². The number of carbonyl (C=O) groups is 2. The fourth-order valence-corrected chi connectivity index (χ4v) is 4.03. The van der Waals surface area contributed by atoms with E-state index in [0.717, 1.165) is 29.5 Å². The number of morpholine rings is 1. The molecule has 2 amide bonds. The lowest BCUT2D eigenvalue weighted by atomic mass is 9.88. The predicted molar refractivity (Wildman–Crippen MR) is 119 cm³/mol. The molecule has 0 unspecified atom stereocenters. The van der Waals surface area contributed by atoms with Crippen LogP contribution < -0.4 is 5.32 Å². The summed E-state index contributed by atoms with van der Waals surface area (Å²) in [4.78, 5) is 32.4. The van der Waals surface area contributed by atoms with Crippen LogP contribution in [0.3, 0.4) is 0 Å². The maximum Gasteiger partial charge on any atom is 0.254 e. The molecule has 31 heavy (non-hydrogen) atoms. The summed E-state index contributed by atoms with van der Waals surface area (Å²) in [5, 5.41) is 3.12. The summed E-state index contributed by atoms with van der Waals surface area (Å²) in [6.07, 6.45) is 6.00. The summed E-state index contributed by atoms with van der Waals surface area (Å²) in [5.74, 6) is -0.0725. The third-order valence-electron chi connectivity index (χ3n) is 5.85. The number of nitrogens with zero attached hydrogens (tertiary/aromatic N) is 2. The molecule has 1 aliphatic carbocycles. The number of hydrogen-bond acceptors (Lipinski definition) is 4. The highest BCUT2D eigenvalue weighted by Crippen LogP contribution is 2.30. The second kappa shape index (κ2) is 8.42. The first-order valence-corrected chi connectivity index (χ1v) is 11.0. The topological polar surface area (TPSA) is 71.5 Å². The minimum atomic E-state index is -1.09. The lowest BCUT2D eigenvalue weighted by Gasteiger charge is -2.43. The van der Waals surface area contributed by atoms with Crippen LogP contribution in [0.5, 0.6) is 0 Å². The van der Waals surface area contributed by atoms with Crippen LogP contribution in [0.15, 0.2) is 48.8 Å². The number of aromatic nitrogens is 1. The first-order valence-electron chi connectivity index (χ1n) is 11.0. The minimum Gasteiger partial charge on any atom is -0.361 e. The van der Waals surface area contributed by atoms with Crippen molar-refractivity contribution >= 4 is 11.8 Å². The summed E-state index contributed by atoms with van der Waals surface area (Å²) >= 11 is 0. The van der Waals surface area contributed by atoms with Gasteiger partial charge in [-0.05, 0) is 35.6 Å².